The monoisotopic (exact) mass is 584 g/mol. The molecule has 0 atom stereocenters. The van der Waals surface area contributed by atoms with E-state index in [0.29, 0.717) is 0 Å². The smallest absolute Gasteiger partial charge is 0.309 e. The number of alkyl halides is 6. The summed E-state index contributed by atoms with van der Waals surface area (Å²) in [6.07, 6.45) is 16.9. The molecule has 0 aromatic heterocycles. The minimum Gasteiger partial charge on any atom is -0.309 e. The number of aryl methyl sites for hydroxylation is 1. The molecule has 0 bridgehead atoms. The summed E-state index contributed by atoms with van der Waals surface area (Å²) in [5, 5.41) is 0. The first kappa shape index (κ1) is 35.6. The maximum Gasteiger partial charge on any atom is 0.512 e. The highest BCUT2D eigenvalue weighted by Gasteiger charge is 2.55. The zero-order valence-corrected chi connectivity index (χ0v) is 22.9. The van der Waals surface area contributed by atoms with E-state index in [9.17, 15) is 43.2 Å². The van der Waals surface area contributed by atoms with Crippen molar-refractivity contribution in [1.29, 1.82) is 0 Å². The third-order valence-electron chi connectivity index (χ3n) is 5.24. The molecule has 218 valence electrons. The van der Waals surface area contributed by atoms with E-state index in [2.05, 4.69) is 49.3 Å². The summed E-state index contributed by atoms with van der Waals surface area (Å²) in [7, 11) is -8.86. The van der Waals surface area contributed by atoms with Crippen molar-refractivity contribution in [3.05, 3.63) is 35.9 Å². The van der Waals surface area contributed by atoms with Gasteiger partial charge >= 0.3 is 31.1 Å². The van der Waals surface area contributed by atoms with Crippen LogP contribution in [0.25, 0.3) is 0 Å². The van der Waals surface area contributed by atoms with Crippen LogP contribution in [-0.2, 0) is 26.5 Å². The van der Waals surface area contributed by atoms with Crippen LogP contribution in [0.1, 0.15) is 76.2 Å². The molecule has 0 unspecified atom stereocenters. The van der Waals surface area contributed by atoms with Gasteiger partial charge in [-0.3, -0.25) is 0 Å². The largest absolute Gasteiger partial charge is 0.512 e. The standard InChI is InChI=1S/C21H37N.C2HF6NO4S2/c1-22(2)20-16-11-9-7-5-3-4-6-8-10-13-17-21-18-14-12-15-19-21;3-1(4,5)14(10,11)9-15(12,13)2(6,7)8/h12,14-15,18-19H,3-11,13,16-17,20H2,1-2H3;9H. The Hall–Kier alpha value is -1.38. The Labute approximate surface area is 216 Å². The summed E-state index contributed by atoms with van der Waals surface area (Å²) in [6.45, 7) is 1.25. The van der Waals surface area contributed by atoms with Gasteiger partial charge in [-0.05, 0) is 45.5 Å². The molecule has 1 N–H and O–H groups in total. The molecule has 0 amide bonds. The molecule has 1 aromatic carbocycles. The molecule has 0 saturated carbocycles. The topological polar surface area (TPSA) is 83.6 Å². The van der Waals surface area contributed by atoms with Crippen LogP contribution in [-0.4, -0.2) is 53.4 Å². The van der Waals surface area contributed by atoms with Crippen molar-refractivity contribution in [2.75, 3.05) is 20.6 Å². The summed E-state index contributed by atoms with van der Waals surface area (Å²) in [5.74, 6) is 0. The van der Waals surface area contributed by atoms with Crippen molar-refractivity contribution in [2.45, 2.75) is 88.1 Å². The highest BCUT2D eigenvalue weighted by Crippen LogP contribution is 2.27. The van der Waals surface area contributed by atoms with E-state index in [-0.39, 0.29) is 0 Å². The molecule has 0 spiro atoms. The van der Waals surface area contributed by atoms with Gasteiger partial charge in [0.25, 0.3) is 0 Å². The normalized spacial score (nSPS) is 12.9. The van der Waals surface area contributed by atoms with Crippen LogP contribution in [0.4, 0.5) is 26.3 Å². The molecule has 37 heavy (non-hydrogen) atoms. The Balaban J connectivity index is 0.000000757. The van der Waals surface area contributed by atoms with Gasteiger partial charge in [-0.25, -0.2) is 16.8 Å². The zero-order chi connectivity index (χ0) is 28.6. The number of halogens is 6. The predicted molar refractivity (Wildman–Crippen MR) is 133 cm³/mol. The maximum absolute atomic E-state index is 11.5. The van der Waals surface area contributed by atoms with Gasteiger partial charge in [0.05, 0.1) is 0 Å². The van der Waals surface area contributed by atoms with Crippen molar-refractivity contribution in [3.8, 4) is 0 Å². The Morgan fingerprint density at radius 1 is 0.622 bits per heavy atom. The average molecular weight is 585 g/mol. The molecular weight excluding hydrogens is 546 g/mol. The van der Waals surface area contributed by atoms with E-state index in [1.54, 1.807) is 0 Å². The van der Waals surface area contributed by atoms with Gasteiger partial charge in [-0.15, -0.1) is 0 Å². The first-order valence-electron chi connectivity index (χ1n) is 12.1. The second kappa shape index (κ2) is 17.3. The Kier molecular flexibility index (Phi) is 16.6. The van der Waals surface area contributed by atoms with Crippen molar-refractivity contribution < 1.29 is 43.2 Å². The quantitative estimate of drug-likeness (QED) is 0.181. The van der Waals surface area contributed by atoms with Crippen LogP contribution in [0.2, 0.25) is 0 Å². The van der Waals surface area contributed by atoms with Crippen LogP contribution < -0.4 is 4.13 Å². The summed E-state index contributed by atoms with van der Waals surface area (Å²) < 4.78 is 108. The number of rotatable bonds is 16. The van der Waals surface area contributed by atoms with Gasteiger partial charge in [0, 0.05) is 0 Å². The fraction of sp³-hybridized carbons (Fsp3) is 0.739. The lowest BCUT2D eigenvalue weighted by atomic mass is 10.0. The molecule has 0 aliphatic heterocycles. The number of hydrogen-bond donors (Lipinski definition) is 1. The molecule has 1 aromatic rings. The Morgan fingerprint density at radius 2 is 0.973 bits per heavy atom. The fourth-order valence-electron chi connectivity index (χ4n) is 3.23. The fourth-order valence-corrected chi connectivity index (χ4v) is 5.14. The summed E-state index contributed by atoms with van der Waals surface area (Å²) in [6, 6.07) is 10.9. The van der Waals surface area contributed by atoms with Gasteiger partial charge in [0.2, 0.25) is 0 Å². The molecule has 0 heterocycles. The Morgan fingerprint density at radius 3 is 1.32 bits per heavy atom. The molecule has 1 rings (SSSR count). The Bertz CT molecular complexity index is 894. The molecule has 14 heteroatoms. The lowest BCUT2D eigenvalue weighted by molar-refractivity contribution is -0.0476. The van der Waals surface area contributed by atoms with Crippen molar-refractivity contribution >= 4 is 20.0 Å². The van der Waals surface area contributed by atoms with Crippen LogP contribution in [0.5, 0.6) is 0 Å². The lowest BCUT2D eigenvalue weighted by Crippen LogP contribution is -2.45. The van der Waals surface area contributed by atoms with Gasteiger partial charge < -0.3 is 4.90 Å². The minimum atomic E-state index is -6.60. The van der Waals surface area contributed by atoms with Crippen LogP contribution in [0, 0.1) is 0 Å². The molecule has 0 aliphatic carbocycles. The zero-order valence-electron chi connectivity index (χ0n) is 21.2. The molecule has 0 aliphatic rings. The first-order chi connectivity index (χ1) is 17.0. The van der Waals surface area contributed by atoms with Crippen molar-refractivity contribution in [3.63, 3.8) is 0 Å². The molecule has 0 saturated heterocycles. The summed E-state index contributed by atoms with van der Waals surface area (Å²) in [4.78, 5) is 2.29. The summed E-state index contributed by atoms with van der Waals surface area (Å²) >= 11 is 0. The number of unbranched alkanes of at least 4 members (excludes halogenated alkanes) is 10. The highest BCUT2D eigenvalue weighted by molar-refractivity contribution is 8.05. The first-order valence-corrected chi connectivity index (χ1v) is 15.1. The van der Waals surface area contributed by atoms with Crippen LogP contribution >= 0.6 is 0 Å². The van der Waals surface area contributed by atoms with Crippen molar-refractivity contribution in [2.24, 2.45) is 0 Å². The number of hydrogen-bond acceptors (Lipinski definition) is 5. The van der Waals surface area contributed by atoms with E-state index < -0.39 is 35.2 Å². The van der Waals surface area contributed by atoms with E-state index in [1.807, 2.05) is 0 Å². The predicted octanol–water partition coefficient (Wildman–Crippen LogP) is 6.36. The van der Waals surface area contributed by atoms with Gasteiger partial charge in [-0.2, -0.15) is 26.3 Å². The second-order valence-electron chi connectivity index (χ2n) is 8.91. The third-order valence-corrected chi connectivity index (χ3v) is 8.22. The molecular formula is C23H38F6N2O4S2. The number of sulfonamides is 2. The molecule has 6 nitrogen and oxygen atoms in total. The van der Waals surface area contributed by atoms with E-state index in [1.165, 1.54) is 89.2 Å². The minimum absolute atomic E-state index is 0.493. The molecule has 0 fully saturated rings. The molecule has 0 radical (unpaired) electrons. The van der Waals surface area contributed by atoms with E-state index in [4.69, 9.17) is 0 Å². The highest BCUT2D eigenvalue weighted by atomic mass is 32.3. The SMILES string of the molecule is CN(C)CCCCCCCCCCCCCc1ccccc1.O=S(=O)(NS(=O)(=O)C(F)(F)F)C(F)(F)F. The summed E-state index contributed by atoms with van der Waals surface area (Å²) in [5.41, 5.74) is -10.8. The third kappa shape index (κ3) is 16.9. The van der Waals surface area contributed by atoms with Gasteiger partial charge in [-0.1, -0.05) is 92.2 Å². The average Bonchev–Trinajstić information content (AvgIpc) is 2.75. The van der Waals surface area contributed by atoms with Crippen molar-refractivity contribution in [1.82, 2.24) is 9.03 Å². The van der Waals surface area contributed by atoms with Crippen LogP contribution in [0.3, 0.4) is 0 Å². The van der Waals surface area contributed by atoms with Gasteiger partial charge in [0.1, 0.15) is 0 Å². The van der Waals surface area contributed by atoms with E-state index in [0.717, 1.165) is 0 Å². The maximum atomic E-state index is 11.5. The second-order valence-corrected chi connectivity index (χ2v) is 12.5. The number of benzene rings is 1. The number of nitrogens with one attached hydrogen (secondary N) is 1. The van der Waals surface area contributed by atoms with Gasteiger partial charge in [0.15, 0.2) is 0 Å². The van der Waals surface area contributed by atoms with E-state index >= 15 is 0 Å². The lowest BCUT2D eigenvalue weighted by Gasteiger charge is -2.11. The number of nitrogens with zero attached hydrogens (tertiary/aromatic N) is 1. The van der Waals surface area contributed by atoms with Crippen LogP contribution in [0.15, 0.2) is 30.3 Å².